The second-order valence-electron chi connectivity index (χ2n) is 6.77. The average Bonchev–Trinajstić information content (AvgIpc) is 2.63. The van der Waals surface area contributed by atoms with E-state index in [0.29, 0.717) is 0 Å². The number of carboxylic acid groups (broad SMARTS) is 1. The normalized spacial score (nSPS) is 25.6. The fraction of sp³-hybridized carbons (Fsp3) is 0.733. The van der Waals surface area contributed by atoms with Crippen molar-refractivity contribution in [2.24, 2.45) is 0 Å². The number of aliphatic hydroxyl groups is 1. The van der Waals surface area contributed by atoms with Gasteiger partial charge in [0, 0.05) is 6.42 Å². The van der Waals surface area contributed by atoms with Gasteiger partial charge in [0.15, 0.2) is 0 Å². The zero-order chi connectivity index (χ0) is 16.4. The highest BCUT2D eigenvalue weighted by Crippen LogP contribution is 2.35. The van der Waals surface area contributed by atoms with Crippen molar-refractivity contribution < 1.29 is 24.5 Å². The minimum Gasteiger partial charge on any atom is -0.479 e. The highest BCUT2D eigenvalue weighted by Gasteiger charge is 2.53. The number of carbonyl (C=O) groups excluding carboxylic acids is 1. The number of rotatable bonds is 3. The molecule has 1 aliphatic heterocycles. The van der Waals surface area contributed by atoms with Crippen molar-refractivity contribution in [3.63, 3.8) is 0 Å². The number of carboxylic acids is 1. The maximum atomic E-state index is 12.3. The van der Waals surface area contributed by atoms with Gasteiger partial charge in [-0.3, -0.25) is 4.90 Å². The van der Waals surface area contributed by atoms with Crippen LogP contribution < -0.4 is 0 Å². The van der Waals surface area contributed by atoms with Crippen LogP contribution in [0.1, 0.15) is 47.5 Å². The van der Waals surface area contributed by atoms with E-state index in [4.69, 9.17) is 4.74 Å². The van der Waals surface area contributed by atoms with Crippen LogP contribution >= 0.6 is 0 Å². The predicted molar refractivity (Wildman–Crippen MR) is 78.0 cm³/mol. The molecule has 0 aliphatic carbocycles. The Morgan fingerprint density at radius 1 is 1.38 bits per heavy atom. The Kier molecular flexibility index (Phi) is 5.04. The number of allylic oxidation sites excluding steroid dienone is 1. The maximum Gasteiger partial charge on any atom is 0.411 e. The van der Waals surface area contributed by atoms with Gasteiger partial charge in [-0.05, 0) is 41.0 Å². The Balaban J connectivity index is 3.10. The third-order valence-corrected chi connectivity index (χ3v) is 3.34. The van der Waals surface area contributed by atoms with Crippen LogP contribution in [0.4, 0.5) is 4.79 Å². The smallest absolute Gasteiger partial charge is 0.411 e. The monoisotopic (exact) mass is 299 g/mol. The molecule has 0 saturated carbocycles. The van der Waals surface area contributed by atoms with Gasteiger partial charge in [-0.15, -0.1) is 0 Å². The molecule has 1 fully saturated rings. The van der Waals surface area contributed by atoms with E-state index >= 15 is 0 Å². The van der Waals surface area contributed by atoms with Gasteiger partial charge in [-0.25, -0.2) is 9.59 Å². The molecule has 6 heteroatoms. The lowest BCUT2D eigenvalue weighted by Crippen LogP contribution is -2.54. The van der Waals surface area contributed by atoms with Gasteiger partial charge >= 0.3 is 12.1 Å². The van der Waals surface area contributed by atoms with Crippen LogP contribution in [-0.4, -0.2) is 51.0 Å². The van der Waals surface area contributed by atoms with E-state index in [9.17, 15) is 19.8 Å². The molecule has 0 spiro atoms. The van der Waals surface area contributed by atoms with E-state index in [0.717, 1.165) is 10.5 Å². The number of aliphatic hydroxyl groups excluding tert-OH is 1. The molecule has 1 aliphatic rings. The first-order valence-corrected chi connectivity index (χ1v) is 7.03. The van der Waals surface area contributed by atoms with E-state index in [1.165, 1.54) is 0 Å². The molecular weight excluding hydrogens is 274 g/mol. The van der Waals surface area contributed by atoms with Gasteiger partial charge in [0.25, 0.3) is 0 Å². The summed E-state index contributed by atoms with van der Waals surface area (Å²) in [5.41, 5.74) is -1.20. The van der Waals surface area contributed by atoms with Gasteiger partial charge in [0.1, 0.15) is 11.1 Å². The molecule has 0 radical (unpaired) electrons. The SMILES string of the molecule is CC(C)=CC[C@]1(C(=O)O)CC(O)CN1C(=O)OC(C)(C)C. The molecule has 6 nitrogen and oxygen atoms in total. The molecule has 120 valence electrons. The number of β-amino-alcohol motifs (C(OH)–C–C–N with tert-alkyl or cyclic N) is 1. The number of nitrogens with zero attached hydrogens (tertiary/aromatic N) is 1. The Hall–Kier alpha value is -1.56. The van der Waals surface area contributed by atoms with Crippen LogP contribution in [0.25, 0.3) is 0 Å². The number of hydrogen-bond donors (Lipinski definition) is 2. The first kappa shape index (κ1) is 17.5. The minimum atomic E-state index is -1.45. The van der Waals surface area contributed by atoms with Crippen LogP contribution in [0.15, 0.2) is 11.6 Å². The summed E-state index contributed by atoms with van der Waals surface area (Å²) < 4.78 is 5.27. The molecule has 0 aromatic carbocycles. The Labute approximate surface area is 125 Å². The third kappa shape index (κ3) is 4.20. The second-order valence-corrected chi connectivity index (χ2v) is 6.77. The molecule has 1 heterocycles. The fourth-order valence-corrected chi connectivity index (χ4v) is 2.37. The topological polar surface area (TPSA) is 87.1 Å². The average molecular weight is 299 g/mol. The van der Waals surface area contributed by atoms with Crippen molar-refractivity contribution in [2.75, 3.05) is 6.54 Å². The van der Waals surface area contributed by atoms with E-state index in [1.54, 1.807) is 26.8 Å². The first-order valence-electron chi connectivity index (χ1n) is 7.03. The van der Waals surface area contributed by atoms with Gasteiger partial charge in [0.05, 0.1) is 12.6 Å². The summed E-state index contributed by atoms with van der Waals surface area (Å²) >= 11 is 0. The summed E-state index contributed by atoms with van der Waals surface area (Å²) in [6.07, 6.45) is 0.360. The number of amides is 1. The summed E-state index contributed by atoms with van der Waals surface area (Å²) in [4.78, 5) is 25.2. The number of carbonyl (C=O) groups is 2. The molecule has 1 amide bonds. The summed E-state index contributed by atoms with van der Waals surface area (Å²) in [5.74, 6) is -1.12. The summed E-state index contributed by atoms with van der Waals surface area (Å²) in [6.45, 7) is 8.84. The standard InChI is InChI=1S/C15H25NO5/c1-10(2)6-7-15(12(18)19)8-11(17)9-16(15)13(20)21-14(3,4)5/h6,11,17H,7-9H2,1-5H3,(H,18,19)/t11?,15-/m1/s1. The molecular formula is C15H25NO5. The predicted octanol–water partition coefficient (Wildman–Crippen LogP) is 2.17. The van der Waals surface area contributed by atoms with Gasteiger partial charge in [0.2, 0.25) is 0 Å². The number of likely N-dealkylation sites (tertiary alicyclic amines) is 1. The van der Waals surface area contributed by atoms with Crippen LogP contribution in [0.3, 0.4) is 0 Å². The van der Waals surface area contributed by atoms with Gasteiger partial charge < -0.3 is 14.9 Å². The van der Waals surface area contributed by atoms with Crippen LogP contribution in [-0.2, 0) is 9.53 Å². The Bertz CT molecular complexity index is 447. The molecule has 0 aromatic heterocycles. The van der Waals surface area contributed by atoms with E-state index in [1.807, 2.05) is 13.8 Å². The zero-order valence-electron chi connectivity index (χ0n) is 13.3. The van der Waals surface area contributed by atoms with E-state index in [2.05, 4.69) is 0 Å². The van der Waals surface area contributed by atoms with Crippen molar-refractivity contribution in [1.82, 2.24) is 4.90 Å². The molecule has 21 heavy (non-hydrogen) atoms. The number of hydrogen-bond acceptors (Lipinski definition) is 4. The largest absolute Gasteiger partial charge is 0.479 e. The molecule has 1 rings (SSSR count). The summed E-state index contributed by atoms with van der Waals surface area (Å²) in [7, 11) is 0. The second kappa shape index (κ2) is 6.05. The summed E-state index contributed by atoms with van der Waals surface area (Å²) in [5, 5.41) is 19.5. The van der Waals surface area contributed by atoms with E-state index in [-0.39, 0.29) is 19.4 Å². The van der Waals surface area contributed by atoms with Crippen LogP contribution in [0.5, 0.6) is 0 Å². The maximum absolute atomic E-state index is 12.3. The van der Waals surface area contributed by atoms with Crippen LogP contribution in [0, 0.1) is 0 Å². The quantitative estimate of drug-likeness (QED) is 0.780. The molecule has 1 unspecified atom stereocenters. The van der Waals surface area contributed by atoms with Crippen LogP contribution in [0.2, 0.25) is 0 Å². The molecule has 2 atom stereocenters. The van der Waals surface area contributed by atoms with E-state index < -0.39 is 29.3 Å². The highest BCUT2D eigenvalue weighted by atomic mass is 16.6. The number of ether oxygens (including phenoxy) is 1. The van der Waals surface area contributed by atoms with Crippen molar-refractivity contribution in [1.29, 1.82) is 0 Å². The zero-order valence-corrected chi connectivity index (χ0v) is 13.3. The molecule has 2 N–H and O–H groups in total. The van der Waals surface area contributed by atoms with Crippen molar-refractivity contribution >= 4 is 12.1 Å². The van der Waals surface area contributed by atoms with Crippen molar-refractivity contribution in [2.45, 2.75) is 64.7 Å². The third-order valence-electron chi connectivity index (χ3n) is 3.34. The van der Waals surface area contributed by atoms with Gasteiger partial charge in [-0.2, -0.15) is 0 Å². The Morgan fingerprint density at radius 2 is 1.95 bits per heavy atom. The number of aliphatic carboxylic acids is 1. The Morgan fingerprint density at radius 3 is 2.38 bits per heavy atom. The lowest BCUT2D eigenvalue weighted by Gasteiger charge is -2.35. The highest BCUT2D eigenvalue weighted by molar-refractivity contribution is 5.85. The molecule has 1 saturated heterocycles. The van der Waals surface area contributed by atoms with Crippen molar-refractivity contribution in [3.8, 4) is 0 Å². The minimum absolute atomic E-state index is 0.00531. The lowest BCUT2D eigenvalue weighted by atomic mass is 9.90. The lowest BCUT2D eigenvalue weighted by molar-refractivity contribution is -0.149. The van der Waals surface area contributed by atoms with Gasteiger partial charge in [-0.1, -0.05) is 11.6 Å². The molecule has 0 bridgehead atoms. The fourth-order valence-electron chi connectivity index (χ4n) is 2.37. The molecule has 0 aromatic rings. The first-order chi connectivity index (χ1) is 9.48. The summed E-state index contributed by atoms with van der Waals surface area (Å²) in [6, 6.07) is 0. The van der Waals surface area contributed by atoms with Crippen molar-refractivity contribution in [3.05, 3.63) is 11.6 Å².